The molecular weight excluding hydrogens is 174 g/mol. The Kier molecular flexibility index (Phi) is 2.94. The highest BCUT2D eigenvalue weighted by Crippen LogP contribution is 2.24. The fraction of sp³-hybridized carbons (Fsp3) is 0.417. The second-order valence-corrected chi connectivity index (χ2v) is 3.91. The molecule has 14 heavy (non-hydrogen) atoms. The van der Waals surface area contributed by atoms with Gasteiger partial charge in [0.2, 0.25) is 0 Å². The van der Waals surface area contributed by atoms with Crippen LogP contribution in [0, 0.1) is 20.8 Å². The van der Waals surface area contributed by atoms with Gasteiger partial charge in [0.05, 0.1) is 0 Å². The lowest BCUT2D eigenvalue weighted by Gasteiger charge is -2.13. The molecule has 0 fully saturated rings. The van der Waals surface area contributed by atoms with Crippen molar-refractivity contribution in [2.24, 2.45) is 0 Å². The SMILES string of the molecule is CC(=O)Cc1c(C)cc(C)c(N)c1C. The Morgan fingerprint density at radius 3 is 2.36 bits per heavy atom. The summed E-state index contributed by atoms with van der Waals surface area (Å²) in [5, 5.41) is 0. The first-order valence-corrected chi connectivity index (χ1v) is 4.78. The van der Waals surface area contributed by atoms with Crippen LogP contribution in [0.25, 0.3) is 0 Å². The van der Waals surface area contributed by atoms with Crippen LogP contribution >= 0.6 is 0 Å². The summed E-state index contributed by atoms with van der Waals surface area (Å²) in [7, 11) is 0. The largest absolute Gasteiger partial charge is 0.398 e. The van der Waals surface area contributed by atoms with E-state index >= 15 is 0 Å². The fourth-order valence-corrected chi connectivity index (χ4v) is 1.76. The van der Waals surface area contributed by atoms with Gasteiger partial charge in [0.25, 0.3) is 0 Å². The lowest BCUT2D eigenvalue weighted by Crippen LogP contribution is -2.05. The topological polar surface area (TPSA) is 43.1 Å². The first kappa shape index (κ1) is 10.8. The van der Waals surface area contributed by atoms with E-state index in [9.17, 15) is 4.79 Å². The van der Waals surface area contributed by atoms with Gasteiger partial charge >= 0.3 is 0 Å². The Morgan fingerprint density at radius 1 is 1.29 bits per heavy atom. The van der Waals surface area contributed by atoms with Crippen LogP contribution in [0.3, 0.4) is 0 Å². The van der Waals surface area contributed by atoms with Gasteiger partial charge in [-0.15, -0.1) is 0 Å². The molecule has 2 heteroatoms. The van der Waals surface area contributed by atoms with E-state index in [-0.39, 0.29) is 5.78 Å². The molecule has 0 radical (unpaired) electrons. The quantitative estimate of drug-likeness (QED) is 0.729. The second-order valence-electron chi connectivity index (χ2n) is 3.91. The van der Waals surface area contributed by atoms with E-state index in [1.54, 1.807) is 6.92 Å². The van der Waals surface area contributed by atoms with Gasteiger partial charge in [0.1, 0.15) is 5.78 Å². The predicted octanol–water partition coefficient (Wildman–Crippen LogP) is 2.33. The van der Waals surface area contributed by atoms with E-state index in [0.717, 1.165) is 27.9 Å². The molecule has 0 saturated heterocycles. The maximum Gasteiger partial charge on any atom is 0.134 e. The molecule has 0 saturated carbocycles. The van der Waals surface area contributed by atoms with Crippen LogP contribution in [0.15, 0.2) is 6.07 Å². The summed E-state index contributed by atoms with van der Waals surface area (Å²) in [5.74, 6) is 0.180. The van der Waals surface area contributed by atoms with Crippen molar-refractivity contribution in [1.82, 2.24) is 0 Å². The monoisotopic (exact) mass is 191 g/mol. The average molecular weight is 191 g/mol. The van der Waals surface area contributed by atoms with E-state index in [1.807, 2.05) is 26.8 Å². The number of Topliss-reactive ketones (excluding diaryl/α,β-unsaturated/α-hetero) is 1. The van der Waals surface area contributed by atoms with Gasteiger partial charge in [-0.25, -0.2) is 0 Å². The molecule has 2 N–H and O–H groups in total. The van der Waals surface area contributed by atoms with Crippen molar-refractivity contribution in [2.45, 2.75) is 34.1 Å². The van der Waals surface area contributed by atoms with Crippen molar-refractivity contribution >= 4 is 11.5 Å². The molecule has 0 aliphatic heterocycles. The van der Waals surface area contributed by atoms with Crippen molar-refractivity contribution in [2.75, 3.05) is 5.73 Å². The summed E-state index contributed by atoms with van der Waals surface area (Å²) in [6.45, 7) is 7.60. The smallest absolute Gasteiger partial charge is 0.134 e. The lowest BCUT2D eigenvalue weighted by atomic mass is 9.94. The molecule has 1 aromatic rings. The lowest BCUT2D eigenvalue weighted by molar-refractivity contribution is -0.116. The van der Waals surface area contributed by atoms with Gasteiger partial charge in [-0.2, -0.15) is 0 Å². The number of ketones is 1. The summed E-state index contributed by atoms with van der Waals surface area (Å²) < 4.78 is 0. The molecule has 0 aliphatic carbocycles. The van der Waals surface area contributed by atoms with Gasteiger partial charge < -0.3 is 5.73 Å². The fourth-order valence-electron chi connectivity index (χ4n) is 1.76. The number of nitrogens with two attached hydrogens (primary N) is 1. The van der Waals surface area contributed by atoms with Crippen LogP contribution < -0.4 is 5.73 Å². The minimum atomic E-state index is 0.180. The molecule has 0 aliphatic rings. The maximum atomic E-state index is 11.1. The summed E-state index contributed by atoms with van der Waals surface area (Å²) in [4.78, 5) is 11.1. The number of anilines is 1. The number of benzene rings is 1. The Labute approximate surface area is 85.1 Å². The van der Waals surface area contributed by atoms with Gasteiger partial charge in [-0.3, -0.25) is 4.79 Å². The Morgan fingerprint density at radius 2 is 1.86 bits per heavy atom. The first-order chi connectivity index (χ1) is 6.43. The molecule has 0 unspecified atom stereocenters. The maximum absolute atomic E-state index is 11.1. The van der Waals surface area contributed by atoms with Gasteiger partial charge in [-0.1, -0.05) is 6.07 Å². The highest BCUT2D eigenvalue weighted by atomic mass is 16.1. The van der Waals surface area contributed by atoms with Crippen molar-refractivity contribution < 1.29 is 4.79 Å². The standard InChI is InChI=1S/C12H17NO/c1-7-5-8(2)12(13)10(4)11(7)6-9(3)14/h5H,6,13H2,1-4H3. The van der Waals surface area contributed by atoms with Crippen LogP contribution in [0.1, 0.15) is 29.2 Å². The number of hydrogen-bond donors (Lipinski definition) is 1. The Bertz CT molecular complexity index is 380. The van der Waals surface area contributed by atoms with Gasteiger partial charge in [-0.05, 0) is 49.9 Å². The van der Waals surface area contributed by atoms with Crippen molar-refractivity contribution in [3.8, 4) is 0 Å². The zero-order valence-electron chi connectivity index (χ0n) is 9.27. The Hall–Kier alpha value is -1.31. The number of nitrogen functional groups attached to an aromatic ring is 1. The number of rotatable bonds is 2. The summed E-state index contributed by atoms with van der Waals surface area (Å²) in [6, 6.07) is 2.04. The van der Waals surface area contributed by atoms with Crippen molar-refractivity contribution in [3.05, 3.63) is 28.3 Å². The zero-order valence-corrected chi connectivity index (χ0v) is 9.27. The molecule has 0 amide bonds. The van der Waals surface area contributed by atoms with Crippen LogP contribution in [0.2, 0.25) is 0 Å². The van der Waals surface area contributed by atoms with E-state index in [4.69, 9.17) is 5.73 Å². The summed E-state index contributed by atoms with van der Waals surface area (Å²) in [5.41, 5.74) is 11.1. The average Bonchev–Trinajstić information content (AvgIpc) is 2.09. The number of carbonyl (C=O) groups excluding carboxylic acids is 1. The minimum absolute atomic E-state index is 0.180. The van der Waals surface area contributed by atoms with Crippen LogP contribution in [0.5, 0.6) is 0 Å². The molecule has 1 aromatic carbocycles. The predicted molar refractivity (Wildman–Crippen MR) is 59.5 cm³/mol. The molecule has 2 nitrogen and oxygen atoms in total. The molecular formula is C12H17NO. The van der Waals surface area contributed by atoms with Crippen LogP contribution in [0.4, 0.5) is 5.69 Å². The number of hydrogen-bond acceptors (Lipinski definition) is 2. The van der Waals surface area contributed by atoms with Crippen LogP contribution in [-0.4, -0.2) is 5.78 Å². The zero-order chi connectivity index (χ0) is 10.9. The number of carbonyl (C=O) groups is 1. The first-order valence-electron chi connectivity index (χ1n) is 4.78. The normalized spacial score (nSPS) is 10.3. The molecule has 0 aromatic heterocycles. The third-order valence-corrected chi connectivity index (χ3v) is 2.62. The Balaban J connectivity index is 3.29. The van der Waals surface area contributed by atoms with Crippen LogP contribution in [-0.2, 0) is 11.2 Å². The summed E-state index contributed by atoms with van der Waals surface area (Å²) in [6.07, 6.45) is 0.488. The van der Waals surface area contributed by atoms with E-state index in [0.29, 0.717) is 6.42 Å². The highest BCUT2D eigenvalue weighted by Gasteiger charge is 2.09. The third-order valence-electron chi connectivity index (χ3n) is 2.62. The molecule has 0 bridgehead atoms. The molecule has 0 heterocycles. The third kappa shape index (κ3) is 1.95. The summed E-state index contributed by atoms with van der Waals surface area (Å²) >= 11 is 0. The second kappa shape index (κ2) is 3.82. The number of aryl methyl sites for hydroxylation is 2. The van der Waals surface area contributed by atoms with Gasteiger partial charge in [0.15, 0.2) is 0 Å². The van der Waals surface area contributed by atoms with E-state index < -0.39 is 0 Å². The molecule has 76 valence electrons. The minimum Gasteiger partial charge on any atom is -0.398 e. The molecule has 0 spiro atoms. The molecule has 1 rings (SSSR count). The van der Waals surface area contributed by atoms with E-state index in [2.05, 4.69) is 0 Å². The van der Waals surface area contributed by atoms with E-state index in [1.165, 1.54) is 0 Å². The van der Waals surface area contributed by atoms with Crippen molar-refractivity contribution in [3.63, 3.8) is 0 Å². The molecule has 0 atom stereocenters. The van der Waals surface area contributed by atoms with Gasteiger partial charge in [0, 0.05) is 12.1 Å². The highest BCUT2D eigenvalue weighted by molar-refractivity contribution is 5.80. The van der Waals surface area contributed by atoms with Crippen molar-refractivity contribution in [1.29, 1.82) is 0 Å².